The van der Waals surface area contributed by atoms with Gasteiger partial charge in [-0.05, 0) is 23.8 Å². The van der Waals surface area contributed by atoms with E-state index in [4.69, 9.17) is 14.9 Å². The second kappa shape index (κ2) is 7.96. The average Bonchev–Trinajstić information content (AvgIpc) is 2.42. The molecule has 0 radical (unpaired) electrons. The summed E-state index contributed by atoms with van der Waals surface area (Å²) in [6.07, 6.45) is 2.20. The third-order valence-electron chi connectivity index (χ3n) is 2.56. The number of carboxylic acid groups (broad SMARTS) is 1. The van der Waals surface area contributed by atoms with Gasteiger partial charge in [0.2, 0.25) is 5.91 Å². The highest BCUT2D eigenvalue weighted by atomic mass is 16.5. The molecule has 1 atom stereocenters. The molecule has 0 saturated carbocycles. The number of aromatic hydroxyl groups is 1. The molecule has 108 valence electrons. The number of carbonyl (C=O) groups is 2. The molecule has 3 N–H and O–H groups in total. The monoisotopic (exact) mass is 279 g/mol. The number of amides is 1. The van der Waals surface area contributed by atoms with Gasteiger partial charge in [-0.25, -0.2) is 0 Å². The van der Waals surface area contributed by atoms with Crippen LogP contribution in [0.15, 0.2) is 30.3 Å². The molecule has 0 bridgehead atoms. The van der Waals surface area contributed by atoms with Crippen LogP contribution in [0.4, 0.5) is 0 Å². The fourth-order valence-electron chi connectivity index (χ4n) is 1.46. The Morgan fingerprint density at radius 1 is 1.35 bits per heavy atom. The summed E-state index contributed by atoms with van der Waals surface area (Å²) >= 11 is 0. The lowest BCUT2D eigenvalue weighted by atomic mass is 10.2. The van der Waals surface area contributed by atoms with E-state index in [1.165, 1.54) is 25.3 Å². The number of ether oxygens (including phenoxy) is 1. The van der Waals surface area contributed by atoms with E-state index in [0.717, 1.165) is 5.56 Å². The summed E-state index contributed by atoms with van der Waals surface area (Å²) in [5, 5.41) is 20.3. The number of hydrogen-bond acceptors (Lipinski definition) is 4. The molecule has 0 saturated heterocycles. The van der Waals surface area contributed by atoms with Gasteiger partial charge in [-0.1, -0.05) is 12.1 Å². The molecule has 0 aliphatic carbocycles. The third-order valence-corrected chi connectivity index (χ3v) is 2.56. The Labute approximate surface area is 116 Å². The van der Waals surface area contributed by atoms with Crippen LogP contribution in [0.5, 0.6) is 5.75 Å². The standard InChI is InChI=1S/C14H17NO5/c1-20-12(8-14(18)19)9-15-13(17)7-4-10-2-5-11(16)6-3-10/h2-7,12,16H,8-9H2,1H3,(H,15,17)(H,18,19)/b7-4+. The zero-order valence-electron chi connectivity index (χ0n) is 11.1. The first-order chi connectivity index (χ1) is 9.51. The number of carbonyl (C=O) groups excluding carboxylic acids is 1. The van der Waals surface area contributed by atoms with Crippen molar-refractivity contribution in [1.82, 2.24) is 5.32 Å². The number of carboxylic acids is 1. The molecule has 0 heterocycles. The summed E-state index contributed by atoms with van der Waals surface area (Å²) in [6.45, 7) is 0.127. The SMILES string of the molecule is COC(CNC(=O)/C=C/c1ccc(O)cc1)CC(=O)O. The highest BCUT2D eigenvalue weighted by Gasteiger charge is 2.12. The lowest BCUT2D eigenvalue weighted by molar-refractivity contribution is -0.140. The molecule has 0 fully saturated rings. The highest BCUT2D eigenvalue weighted by molar-refractivity contribution is 5.91. The van der Waals surface area contributed by atoms with Gasteiger partial charge in [0.05, 0.1) is 12.5 Å². The van der Waals surface area contributed by atoms with Crippen LogP contribution >= 0.6 is 0 Å². The van der Waals surface area contributed by atoms with Gasteiger partial charge >= 0.3 is 5.97 Å². The van der Waals surface area contributed by atoms with Gasteiger partial charge in [-0.3, -0.25) is 9.59 Å². The lowest BCUT2D eigenvalue weighted by Crippen LogP contribution is -2.33. The minimum atomic E-state index is -0.981. The van der Waals surface area contributed by atoms with Gasteiger partial charge in [0, 0.05) is 19.7 Å². The maximum absolute atomic E-state index is 11.5. The van der Waals surface area contributed by atoms with Crippen LogP contribution < -0.4 is 5.32 Å². The summed E-state index contributed by atoms with van der Waals surface area (Å²) in [4.78, 5) is 22.1. The Kier molecular flexibility index (Phi) is 6.25. The van der Waals surface area contributed by atoms with E-state index in [1.54, 1.807) is 18.2 Å². The van der Waals surface area contributed by atoms with E-state index in [2.05, 4.69) is 5.32 Å². The smallest absolute Gasteiger partial charge is 0.306 e. The van der Waals surface area contributed by atoms with Crippen LogP contribution in [0.2, 0.25) is 0 Å². The van der Waals surface area contributed by atoms with Crippen molar-refractivity contribution in [2.24, 2.45) is 0 Å². The van der Waals surface area contributed by atoms with Crippen molar-refractivity contribution >= 4 is 18.0 Å². The summed E-state index contributed by atoms with van der Waals surface area (Å²) in [7, 11) is 1.39. The first kappa shape index (κ1) is 15.7. The molecule has 0 aromatic heterocycles. The van der Waals surface area contributed by atoms with Crippen molar-refractivity contribution in [3.63, 3.8) is 0 Å². The van der Waals surface area contributed by atoms with Gasteiger partial charge in [-0.2, -0.15) is 0 Å². The van der Waals surface area contributed by atoms with Crippen molar-refractivity contribution in [3.05, 3.63) is 35.9 Å². The quantitative estimate of drug-likeness (QED) is 0.647. The number of rotatable bonds is 7. The molecule has 0 aliphatic rings. The molecule has 0 aliphatic heterocycles. The molecule has 1 unspecified atom stereocenters. The van der Waals surface area contributed by atoms with Crippen LogP contribution in [0, 0.1) is 0 Å². The predicted molar refractivity (Wildman–Crippen MR) is 73.2 cm³/mol. The number of phenols is 1. The normalized spacial score (nSPS) is 12.2. The summed E-state index contributed by atoms with van der Waals surface area (Å²) in [6, 6.07) is 6.37. The number of hydrogen-bond donors (Lipinski definition) is 3. The van der Waals surface area contributed by atoms with Crippen molar-refractivity contribution in [1.29, 1.82) is 0 Å². The topological polar surface area (TPSA) is 95.9 Å². The zero-order valence-corrected chi connectivity index (χ0v) is 11.1. The van der Waals surface area contributed by atoms with Gasteiger partial charge < -0.3 is 20.3 Å². The molecule has 1 rings (SSSR count). The van der Waals surface area contributed by atoms with Crippen LogP contribution in [-0.2, 0) is 14.3 Å². The minimum Gasteiger partial charge on any atom is -0.508 e. The summed E-state index contributed by atoms with van der Waals surface area (Å²) < 4.78 is 4.94. The second-order valence-corrected chi connectivity index (χ2v) is 4.13. The van der Waals surface area contributed by atoms with Gasteiger partial charge in [0.1, 0.15) is 5.75 Å². The van der Waals surface area contributed by atoms with Crippen LogP contribution in [0.1, 0.15) is 12.0 Å². The lowest BCUT2D eigenvalue weighted by Gasteiger charge is -2.12. The van der Waals surface area contributed by atoms with Crippen LogP contribution in [-0.4, -0.2) is 41.8 Å². The van der Waals surface area contributed by atoms with Crippen molar-refractivity contribution in [3.8, 4) is 5.75 Å². The molecule has 20 heavy (non-hydrogen) atoms. The minimum absolute atomic E-state index is 0.127. The Hall–Kier alpha value is -2.34. The maximum atomic E-state index is 11.5. The average molecular weight is 279 g/mol. The third kappa shape index (κ3) is 6.01. The second-order valence-electron chi connectivity index (χ2n) is 4.13. The predicted octanol–water partition coefficient (Wildman–Crippen LogP) is 1.01. The number of nitrogens with one attached hydrogen (secondary N) is 1. The first-order valence-electron chi connectivity index (χ1n) is 6.01. The molecular weight excluding hydrogens is 262 g/mol. The van der Waals surface area contributed by atoms with E-state index in [0.29, 0.717) is 0 Å². The van der Waals surface area contributed by atoms with E-state index in [1.807, 2.05) is 0 Å². The molecule has 6 heteroatoms. The van der Waals surface area contributed by atoms with E-state index < -0.39 is 12.1 Å². The van der Waals surface area contributed by atoms with Crippen molar-refractivity contribution in [2.75, 3.05) is 13.7 Å². The zero-order chi connectivity index (χ0) is 15.0. The Bertz CT molecular complexity index is 481. The molecule has 6 nitrogen and oxygen atoms in total. The highest BCUT2D eigenvalue weighted by Crippen LogP contribution is 2.10. The molecule has 1 aromatic rings. The van der Waals surface area contributed by atoms with Crippen LogP contribution in [0.3, 0.4) is 0 Å². The Balaban J connectivity index is 2.43. The molecular formula is C14H17NO5. The largest absolute Gasteiger partial charge is 0.508 e. The van der Waals surface area contributed by atoms with Gasteiger partial charge in [0.25, 0.3) is 0 Å². The van der Waals surface area contributed by atoms with E-state index in [9.17, 15) is 9.59 Å². The van der Waals surface area contributed by atoms with E-state index in [-0.39, 0.29) is 24.6 Å². The van der Waals surface area contributed by atoms with Crippen molar-refractivity contribution < 1.29 is 24.5 Å². The van der Waals surface area contributed by atoms with Crippen LogP contribution in [0.25, 0.3) is 6.08 Å². The van der Waals surface area contributed by atoms with Crippen molar-refractivity contribution in [2.45, 2.75) is 12.5 Å². The Morgan fingerprint density at radius 2 is 2.00 bits per heavy atom. The van der Waals surface area contributed by atoms with E-state index >= 15 is 0 Å². The number of aliphatic carboxylic acids is 1. The Morgan fingerprint density at radius 3 is 2.55 bits per heavy atom. The molecule has 1 amide bonds. The van der Waals surface area contributed by atoms with Gasteiger partial charge in [-0.15, -0.1) is 0 Å². The summed E-state index contributed by atoms with van der Waals surface area (Å²) in [5.41, 5.74) is 0.770. The summed E-state index contributed by atoms with van der Waals surface area (Å²) in [5.74, 6) is -1.17. The fraction of sp³-hybridized carbons (Fsp3) is 0.286. The number of phenolic OH excluding ortho intramolecular Hbond substituents is 1. The number of benzene rings is 1. The number of methoxy groups -OCH3 is 1. The maximum Gasteiger partial charge on any atom is 0.306 e. The fourth-order valence-corrected chi connectivity index (χ4v) is 1.46. The first-order valence-corrected chi connectivity index (χ1v) is 6.01. The molecule has 1 aromatic carbocycles. The van der Waals surface area contributed by atoms with Gasteiger partial charge in [0.15, 0.2) is 0 Å². The molecule has 0 spiro atoms.